The number of halogens is 1. The predicted molar refractivity (Wildman–Crippen MR) is 66.3 cm³/mol. The highest BCUT2D eigenvalue weighted by molar-refractivity contribution is 7.15. The topological polar surface area (TPSA) is 12.9 Å². The Morgan fingerprint density at radius 3 is 2.62 bits per heavy atom. The molecule has 0 bridgehead atoms. The highest BCUT2D eigenvalue weighted by atomic mass is 32.1. The Hall–Kier alpha value is -1.22. The van der Waals surface area contributed by atoms with E-state index >= 15 is 0 Å². The molecule has 0 radical (unpaired) electrons. The van der Waals surface area contributed by atoms with E-state index in [4.69, 9.17) is 0 Å². The van der Waals surface area contributed by atoms with Crippen molar-refractivity contribution in [3.05, 3.63) is 40.7 Å². The molecule has 1 heterocycles. The predicted octanol–water partition coefficient (Wildman–Crippen LogP) is 4.38. The lowest BCUT2D eigenvalue weighted by molar-refractivity contribution is 0.619. The number of benzene rings is 1. The molecule has 16 heavy (non-hydrogen) atoms. The van der Waals surface area contributed by atoms with Crippen LogP contribution in [0.2, 0.25) is 0 Å². The largest absolute Gasteiger partial charge is 0.244 e. The normalized spacial score (nSPS) is 11.1. The van der Waals surface area contributed by atoms with Gasteiger partial charge < -0.3 is 0 Å². The second-order valence-electron chi connectivity index (χ2n) is 4.19. The van der Waals surface area contributed by atoms with E-state index in [1.165, 1.54) is 4.88 Å². The molecule has 0 fully saturated rings. The number of thiazole rings is 1. The fourth-order valence-electron chi connectivity index (χ4n) is 1.41. The number of aryl methyl sites for hydroxylation is 1. The van der Waals surface area contributed by atoms with E-state index in [1.807, 2.05) is 12.3 Å². The van der Waals surface area contributed by atoms with Gasteiger partial charge in [0.2, 0.25) is 0 Å². The lowest BCUT2D eigenvalue weighted by atomic mass is 10.1. The molecule has 2 aromatic rings. The van der Waals surface area contributed by atoms with Gasteiger partial charge in [-0.05, 0) is 24.5 Å². The third-order valence-electron chi connectivity index (χ3n) is 2.51. The van der Waals surface area contributed by atoms with E-state index in [0.29, 0.717) is 11.5 Å². The van der Waals surface area contributed by atoms with Gasteiger partial charge in [0, 0.05) is 16.6 Å². The molecule has 0 N–H and O–H groups in total. The Morgan fingerprint density at radius 2 is 2.06 bits per heavy atom. The van der Waals surface area contributed by atoms with Gasteiger partial charge in [-0.3, -0.25) is 0 Å². The molecule has 0 aliphatic heterocycles. The molecule has 2 rings (SSSR count). The zero-order valence-corrected chi connectivity index (χ0v) is 10.4. The van der Waals surface area contributed by atoms with Gasteiger partial charge in [-0.25, -0.2) is 9.37 Å². The molecule has 0 atom stereocenters. The molecule has 0 amide bonds. The van der Waals surface area contributed by atoms with Crippen molar-refractivity contribution in [2.24, 2.45) is 0 Å². The van der Waals surface area contributed by atoms with Crippen LogP contribution >= 0.6 is 11.3 Å². The van der Waals surface area contributed by atoms with Crippen molar-refractivity contribution in [2.45, 2.75) is 26.7 Å². The monoisotopic (exact) mass is 235 g/mol. The molecule has 1 aromatic heterocycles. The molecule has 3 heteroatoms. The number of hydrogen-bond acceptors (Lipinski definition) is 2. The molecule has 0 unspecified atom stereocenters. The minimum Gasteiger partial charge on any atom is -0.244 e. The molecule has 1 aromatic carbocycles. The van der Waals surface area contributed by atoms with Crippen LogP contribution in [-0.4, -0.2) is 4.98 Å². The van der Waals surface area contributed by atoms with Crippen LogP contribution in [0.5, 0.6) is 0 Å². The van der Waals surface area contributed by atoms with Crippen molar-refractivity contribution in [3.8, 4) is 10.6 Å². The standard InChI is InChI=1S/C13H14FNS/c1-8(2)12-7-15-13(16-12)10-5-4-9(3)11(14)6-10/h4-8H,1-3H3. The van der Waals surface area contributed by atoms with E-state index in [-0.39, 0.29) is 5.82 Å². The van der Waals surface area contributed by atoms with Crippen LogP contribution in [0.25, 0.3) is 10.6 Å². The van der Waals surface area contributed by atoms with Gasteiger partial charge >= 0.3 is 0 Å². The summed E-state index contributed by atoms with van der Waals surface area (Å²) in [5.74, 6) is 0.306. The summed E-state index contributed by atoms with van der Waals surface area (Å²) in [6, 6.07) is 5.26. The minimum atomic E-state index is -0.168. The minimum absolute atomic E-state index is 0.168. The van der Waals surface area contributed by atoms with Crippen LogP contribution in [0.3, 0.4) is 0 Å². The summed E-state index contributed by atoms with van der Waals surface area (Å²) in [5, 5.41) is 0.891. The fourth-order valence-corrected chi connectivity index (χ4v) is 2.33. The maximum absolute atomic E-state index is 13.4. The Labute approximate surface area is 99.0 Å². The van der Waals surface area contributed by atoms with Crippen LogP contribution in [0.1, 0.15) is 30.2 Å². The SMILES string of the molecule is Cc1ccc(-c2ncc(C(C)C)s2)cc1F. The van der Waals surface area contributed by atoms with Crippen molar-refractivity contribution in [2.75, 3.05) is 0 Å². The second-order valence-corrected chi connectivity index (χ2v) is 5.25. The van der Waals surface area contributed by atoms with Gasteiger partial charge in [-0.15, -0.1) is 11.3 Å². The summed E-state index contributed by atoms with van der Waals surface area (Å²) in [4.78, 5) is 5.56. The smallest absolute Gasteiger partial charge is 0.126 e. The molecular weight excluding hydrogens is 221 g/mol. The maximum Gasteiger partial charge on any atom is 0.126 e. The Balaban J connectivity index is 2.39. The molecule has 84 valence electrons. The molecule has 1 nitrogen and oxygen atoms in total. The van der Waals surface area contributed by atoms with Crippen molar-refractivity contribution in [1.29, 1.82) is 0 Å². The lowest BCUT2D eigenvalue weighted by Crippen LogP contribution is -1.83. The highest BCUT2D eigenvalue weighted by Crippen LogP contribution is 2.30. The lowest BCUT2D eigenvalue weighted by Gasteiger charge is -2.00. The van der Waals surface area contributed by atoms with Crippen molar-refractivity contribution < 1.29 is 4.39 Å². The third kappa shape index (κ3) is 2.14. The zero-order chi connectivity index (χ0) is 11.7. The summed E-state index contributed by atoms with van der Waals surface area (Å²) in [6.07, 6.45) is 1.88. The van der Waals surface area contributed by atoms with Crippen LogP contribution in [0.4, 0.5) is 4.39 Å². The summed E-state index contributed by atoms with van der Waals surface area (Å²) in [7, 11) is 0. The quantitative estimate of drug-likeness (QED) is 0.752. The average Bonchev–Trinajstić information content (AvgIpc) is 2.71. The van der Waals surface area contributed by atoms with E-state index in [9.17, 15) is 4.39 Å². The first-order valence-electron chi connectivity index (χ1n) is 5.30. The first-order chi connectivity index (χ1) is 7.58. The Bertz CT molecular complexity index is 502. The molecular formula is C13H14FNS. The van der Waals surface area contributed by atoms with Crippen molar-refractivity contribution in [3.63, 3.8) is 0 Å². The van der Waals surface area contributed by atoms with E-state index in [1.54, 1.807) is 30.4 Å². The molecule has 0 aliphatic rings. The molecule has 0 spiro atoms. The number of hydrogen-bond donors (Lipinski definition) is 0. The summed E-state index contributed by atoms with van der Waals surface area (Å²) in [6.45, 7) is 6.03. The van der Waals surface area contributed by atoms with Gasteiger partial charge in [-0.1, -0.05) is 26.0 Å². The highest BCUT2D eigenvalue weighted by Gasteiger charge is 2.08. The zero-order valence-electron chi connectivity index (χ0n) is 9.62. The summed E-state index contributed by atoms with van der Waals surface area (Å²) in [5.41, 5.74) is 1.53. The number of nitrogens with zero attached hydrogens (tertiary/aromatic N) is 1. The Kier molecular flexibility index (Phi) is 3.06. The van der Waals surface area contributed by atoms with Crippen LogP contribution in [0, 0.1) is 12.7 Å². The molecule has 0 saturated heterocycles. The second kappa shape index (κ2) is 4.34. The van der Waals surface area contributed by atoms with Gasteiger partial charge in [-0.2, -0.15) is 0 Å². The third-order valence-corrected chi connectivity index (χ3v) is 3.86. The first-order valence-corrected chi connectivity index (χ1v) is 6.12. The molecule has 0 saturated carbocycles. The van der Waals surface area contributed by atoms with Crippen LogP contribution in [0.15, 0.2) is 24.4 Å². The summed E-state index contributed by atoms with van der Waals surface area (Å²) < 4.78 is 13.4. The maximum atomic E-state index is 13.4. The van der Waals surface area contributed by atoms with Gasteiger partial charge in [0.25, 0.3) is 0 Å². The van der Waals surface area contributed by atoms with E-state index < -0.39 is 0 Å². The van der Waals surface area contributed by atoms with Crippen molar-refractivity contribution in [1.82, 2.24) is 4.98 Å². The Morgan fingerprint density at radius 1 is 1.31 bits per heavy atom. The first kappa shape index (κ1) is 11.3. The van der Waals surface area contributed by atoms with Gasteiger partial charge in [0.15, 0.2) is 0 Å². The fraction of sp³-hybridized carbons (Fsp3) is 0.308. The van der Waals surface area contributed by atoms with Gasteiger partial charge in [0.05, 0.1) is 0 Å². The van der Waals surface area contributed by atoms with Crippen LogP contribution in [-0.2, 0) is 0 Å². The summed E-state index contributed by atoms with van der Waals surface area (Å²) >= 11 is 1.63. The van der Waals surface area contributed by atoms with Crippen molar-refractivity contribution >= 4 is 11.3 Å². The number of rotatable bonds is 2. The van der Waals surface area contributed by atoms with Gasteiger partial charge in [0.1, 0.15) is 10.8 Å². The van der Waals surface area contributed by atoms with E-state index in [2.05, 4.69) is 18.8 Å². The average molecular weight is 235 g/mol. The van der Waals surface area contributed by atoms with Crippen LogP contribution < -0.4 is 0 Å². The number of aromatic nitrogens is 1. The molecule has 0 aliphatic carbocycles. The van der Waals surface area contributed by atoms with E-state index in [0.717, 1.165) is 10.6 Å².